The number of ether oxygens (including phenoxy) is 2. The van der Waals surface area contributed by atoms with Crippen LogP contribution in [-0.4, -0.2) is 50.3 Å². The first-order chi connectivity index (χ1) is 9.21. The van der Waals surface area contributed by atoms with Crippen LogP contribution in [0.2, 0.25) is 0 Å². The summed E-state index contributed by atoms with van der Waals surface area (Å²) in [4.78, 5) is 13.8. The van der Waals surface area contributed by atoms with Gasteiger partial charge in [-0.2, -0.15) is 0 Å². The molecule has 4 heteroatoms. The topological polar surface area (TPSA) is 38.8 Å². The van der Waals surface area contributed by atoms with Crippen LogP contribution >= 0.6 is 0 Å². The molecule has 0 aromatic rings. The molecule has 1 rings (SSSR count). The number of piperidine rings is 1. The van der Waals surface area contributed by atoms with E-state index < -0.39 is 0 Å². The van der Waals surface area contributed by atoms with Crippen LogP contribution in [0.15, 0.2) is 11.6 Å². The van der Waals surface area contributed by atoms with Crippen molar-refractivity contribution in [3.05, 3.63) is 11.6 Å². The third kappa shape index (κ3) is 5.74. The number of likely N-dealkylation sites (tertiary alicyclic amines) is 1. The maximum absolute atomic E-state index is 11.5. The summed E-state index contributed by atoms with van der Waals surface area (Å²) in [6.45, 7) is 7.82. The molecular formula is C15H27NO3. The second-order valence-electron chi connectivity index (χ2n) is 4.97. The summed E-state index contributed by atoms with van der Waals surface area (Å²) >= 11 is 0. The van der Waals surface area contributed by atoms with Crippen LogP contribution in [-0.2, 0) is 14.3 Å². The molecule has 0 spiro atoms. The summed E-state index contributed by atoms with van der Waals surface area (Å²) in [6.07, 6.45) is 6.45. The summed E-state index contributed by atoms with van der Waals surface area (Å²) in [7, 11) is 1.43. The van der Waals surface area contributed by atoms with Crippen molar-refractivity contribution in [3.63, 3.8) is 0 Å². The molecule has 0 amide bonds. The van der Waals surface area contributed by atoms with Gasteiger partial charge < -0.3 is 9.47 Å². The maximum atomic E-state index is 11.5. The molecule has 1 unspecified atom stereocenters. The molecule has 19 heavy (non-hydrogen) atoms. The molecule has 0 N–H and O–H groups in total. The number of hydrogen-bond acceptors (Lipinski definition) is 4. The summed E-state index contributed by atoms with van der Waals surface area (Å²) < 4.78 is 10.6. The molecule has 0 bridgehead atoms. The third-order valence-corrected chi connectivity index (χ3v) is 3.44. The van der Waals surface area contributed by atoms with Crippen LogP contribution in [0, 0.1) is 0 Å². The van der Waals surface area contributed by atoms with Gasteiger partial charge in [0.25, 0.3) is 0 Å². The minimum atomic E-state index is -0.210. The normalized spacial score (nSPS) is 21.4. The van der Waals surface area contributed by atoms with Crippen LogP contribution in [0.1, 0.15) is 39.5 Å². The van der Waals surface area contributed by atoms with Gasteiger partial charge >= 0.3 is 5.97 Å². The number of carbonyl (C=O) groups is 1. The van der Waals surface area contributed by atoms with Crippen LogP contribution < -0.4 is 0 Å². The van der Waals surface area contributed by atoms with E-state index in [1.165, 1.54) is 13.5 Å². The predicted molar refractivity (Wildman–Crippen MR) is 76.1 cm³/mol. The van der Waals surface area contributed by atoms with Gasteiger partial charge in [0.15, 0.2) is 0 Å². The van der Waals surface area contributed by atoms with Crippen molar-refractivity contribution in [3.8, 4) is 0 Å². The Kier molecular flexibility index (Phi) is 7.75. The molecule has 1 heterocycles. The zero-order chi connectivity index (χ0) is 14.1. The first kappa shape index (κ1) is 16.2. The lowest BCUT2D eigenvalue weighted by molar-refractivity contribution is -0.136. The Bertz CT molecular complexity index is 302. The van der Waals surface area contributed by atoms with Gasteiger partial charge in [-0.15, -0.1) is 0 Å². The minimum Gasteiger partial charge on any atom is -0.466 e. The van der Waals surface area contributed by atoms with Crippen LogP contribution in [0.5, 0.6) is 0 Å². The van der Waals surface area contributed by atoms with Crippen LogP contribution in [0.25, 0.3) is 0 Å². The van der Waals surface area contributed by atoms with Gasteiger partial charge in [0, 0.05) is 25.3 Å². The van der Waals surface area contributed by atoms with Crippen molar-refractivity contribution >= 4 is 5.97 Å². The van der Waals surface area contributed by atoms with E-state index in [0.717, 1.165) is 51.1 Å². The quantitative estimate of drug-likeness (QED) is 0.525. The zero-order valence-electron chi connectivity index (χ0n) is 12.5. The first-order valence-corrected chi connectivity index (χ1v) is 7.32. The van der Waals surface area contributed by atoms with Gasteiger partial charge in [-0.3, -0.25) is 4.90 Å². The summed E-state index contributed by atoms with van der Waals surface area (Å²) in [6, 6.07) is 0. The molecule has 110 valence electrons. The van der Waals surface area contributed by atoms with Crippen molar-refractivity contribution in [1.82, 2.24) is 4.90 Å². The third-order valence-electron chi connectivity index (χ3n) is 3.44. The number of hydrogen-bond donors (Lipinski definition) is 0. The van der Waals surface area contributed by atoms with E-state index in [9.17, 15) is 4.79 Å². The van der Waals surface area contributed by atoms with E-state index >= 15 is 0 Å². The van der Waals surface area contributed by atoms with Crippen molar-refractivity contribution in [2.24, 2.45) is 0 Å². The molecule has 1 atom stereocenters. The van der Waals surface area contributed by atoms with E-state index in [1.807, 2.05) is 13.0 Å². The smallest absolute Gasteiger partial charge is 0.333 e. The van der Waals surface area contributed by atoms with E-state index in [-0.39, 0.29) is 5.97 Å². The average Bonchev–Trinajstić information content (AvgIpc) is 2.45. The van der Waals surface area contributed by atoms with E-state index in [4.69, 9.17) is 9.47 Å². The largest absolute Gasteiger partial charge is 0.466 e. The minimum absolute atomic E-state index is 0.210. The fourth-order valence-electron chi connectivity index (χ4n) is 2.34. The SMILES string of the molecule is CCCOC1CCCN(CC=C(CC)C(=O)OC)C1. The number of rotatable bonds is 7. The first-order valence-electron chi connectivity index (χ1n) is 7.32. The number of nitrogens with zero attached hydrogens (tertiary/aromatic N) is 1. The molecular weight excluding hydrogens is 242 g/mol. The molecule has 0 aromatic heterocycles. The van der Waals surface area contributed by atoms with E-state index in [2.05, 4.69) is 11.8 Å². The molecule has 4 nitrogen and oxygen atoms in total. The lowest BCUT2D eigenvalue weighted by Gasteiger charge is -2.32. The molecule has 0 radical (unpaired) electrons. The van der Waals surface area contributed by atoms with Crippen molar-refractivity contribution in [2.75, 3.05) is 33.4 Å². The molecule has 0 aromatic carbocycles. The summed E-state index contributed by atoms with van der Waals surface area (Å²) in [5.74, 6) is -0.210. The fraction of sp³-hybridized carbons (Fsp3) is 0.800. The van der Waals surface area contributed by atoms with Gasteiger partial charge in [-0.1, -0.05) is 19.9 Å². The molecule has 0 saturated carbocycles. The standard InChI is InChI=1S/C15H27NO3/c1-4-11-19-14-7-6-9-16(12-14)10-8-13(5-2)15(17)18-3/h8,14H,4-7,9-12H2,1-3H3. The Hall–Kier alpha value is -0.870. The highest BCUT2D eigenvalue weighted by molar-refractivity contribution is 5.88. The Labute approximate surface area is 116 Å². The lowest BCUT2D eigenvalue weighted by Crippen LogP contribution is -2.40. The monoisotopic (exact) mass is 269 g/mol. The highest BCUT2D eigenvalue weighted by atomic mass is 16.5. The number of carbonyl (C=O) groups excluding carboxylic acids is 1. The van der Waals surface area contributed by atoms with Crippen LogP contribution in [0.4, 0.5) is 0 Å². The van der Waals surface area contributed by atoms with Crippen molar-refractivity contribution in [2.45, 2.75) is 45.6 Å². The van der Waals surface area contributed by atoms with Gasteiger partial charge in [0.1, 0.15) is 0 Å². The second-order valence-corrected chi connectivity index (χ2v) is 4.97. The molecule has 0 aliphatic carbocycles. The highest BCUT2D eigenvalue weighted by Crippen LogP contribution is 2.14. The van der Waals surface area contributed by atoms with Gasteiger partial charge in [0.2, 0.25) is 0 Å². The predicted octanol–water partition coefficient (Wildman–Crippen LogP) is 2.39. The molecule has 1 aliphatic heterocycles. The van der Waals surface area contributed by atoms with Gasteiger partial charge in [0.05, 0.1) is 13.2 Å². The van der Waals surface area contributed by atoms with Crippen molar-refractivity contribution in [1.29, 1.82) is 0 Å². The Balaban J connectivity index is 2.43. The average molecular weight is 269 g/mol. The zero-order valence-corrected chi connectivity index (χ0v) is 12.5. The summed E-state index contributed by atoms with van der Waals surface area (Å²) in [5, 5.41) is 0. The molecule has 1 fully saturated rings. The van der Waals surface area contributed by atoms with Gasteiger partial charge in [-0.05, 0) is 32.2 Å². The fourth-order valence-corrected chi connectivity index (χ4v) is 2.34. The second kappa shape index (κ2) is 9.10. The highest BCUT2D eigenvalue weighted by Gasteiger charge is 2.19. The van der Waals surface area contributed by atoms with E-state index in [0.29, 0.717) is 6.10 Å². The molecule has 1 saturated heterocycles. The number of esters is 1. The van der Waals surface area contributed by atoms with Gasteiger partial charge in [-0.25, -0.2) is 4.79 Å². The molecule has 1 aliphatic rings. The van der Waals surface area contributed by atoms with Crippen molar-refractivity contribution < 1.29 is 14.3 Å². The van der Waals surface area contributed by atoms with Crippen LogP contribution in [0.3, 0.4) is 0 Å². The maximum Gasteiger partial charge on any atom is 0.333 e. The number of methoxy groups -OCH3 is 1. The lowest BCUT2D eigenvalue weighted by atomic mass is 10.1. The summed E-state index contributed by atoms with van der Waals surface area (Å²) in [5.41, 5.74) is 0.763. The Morgan fingerprint density at radius 1 is 1.42 bits per heavy atom. The van der Waals surface area contributed by atoms with E-state index in [1.54, 1.807) is 0 Å². The Morgan fingerprint density at radius 2 is 2.21 bits per heavy atom. The Morgan fingerprint density at radius 3 is 2.84 bits per heavy atom.